The molecule has 0 aliphatic carbocycles. The van der Waals surface area contributed by atoms with Crippen molar-refractivity contribution in [1.82, 2.24) is 10.2 Å². The summed E-state index contributed by atoms with van der Waals surface area (Å²) in [6, 6.07) is 0.659. The Labute approximate surface area is 104 Å². The van der Waals surface area contributed by atoms with Crippen molar-refractivity contribution < 1.29 is 6.53 Å². The quantitative estimate of drug-likeness (QED) is 0.784. The molecule has 0 aromatic heterocycles. The molecule has 1 fully saturated rings. The fourth-order valence-electron chi connectivity index (χ4n) is 1.63. The van der Waals surface area contributed by atoms with Crippen LogP contribution in [0.5, 0.6) is 0 Å². The number of hydrogen-bond donors (Lipinski definition) is 2. The topological polar surface area (TPSA) is 35.5 Å². The molecule has 0 unspecified atom stereocenters. The van der Waals surface area contributed by atoms with Gasteiger partial charge in [0.2, 0.25) is 0 Å². The molecule has 1 rings (SSSR count). The second-order valence-corrected chi connectivity index (χ2v) is 3.77. The lowest BCUT2D eigenvalue weighted by molar-refractivity contribution is 0.219. The molecule has 0 amide bonds. The molecule has 3 heteroatoms. The highest BCUT2D eigenvalue weighted by Crippen LogP contribution is 2.07. The maximum Gasteiger partial charge on any atom is 0.0558 e. The third-order valence-corrected chi connectivity index (χ3v) is 2.18. The highest BCUT2D eigenvalue weighted by Gasteiger charge is 2.20. The summed E-state index contributed by atoms with van der Waals surface area (Å²) in [4.78, 5) is 2.30. The Kier molecular flexibility index (Phi) is 17.0. The predicted octanol–water partition coefficient (Wildman–Crippen LogP) is 2.35. The highest BCUT2D eigenvalue weighted by molar-refractivity contribution is 4.79. The van der Waals surface area contributed by atoms with Crippen LogP contribution in [0.1, 0.15) is 48.9 Å². The first-order chi connectivity index (χ1) is 7.78. The summed E-state index contributed by atoms with van der Waals surface area (Å²) in [5.74, 6) is 0. The van der Waals surface area contributed by atoms with Crippen LogP contribution in [-0.4, -0.2) is 48.8 Å². The van der Waals surface area contributed by atoms with Crippen LogP contribution >= 0.6 is 0 Å². The number of nitrogens with one attached hydrogen (secondary N) is 1. The molecule has 1 saturated heterocycles. The van der Waals surface area contributed by atoms with Gasteiger partial charge in [0.05, 0.1) is 6.61 Å². The molecule has 0 spiro atoms. The van der Waals surface area contributed by atoms with E-state index in [0.29, 0.717) is 12.6 Å². The van der Waals surface area contributed by atoms with Crippen LogP contribution in [0.3, 0.4) is 0 Å². The van der Waals surface area contributed by atoms with Crippen molar-refractivity contribution in [3.63, 3.8) is 0 Å². The zero-order chi connectivity index (χ0) is 12.8. The molecule has 1 aliphatic heterocycles. The molecule has 2 N–H and O–H groups in total. The van der Waals surface area contributed by atoms with Crippen LogP contribution < -0.4 is 5.32 Å². The molecular weight excluding hydrogens is 200 g/mol. The van der Waals surface area contributed by atoms with Gasteiger partial charge in [-0.15, -0.1) is 0 Å². The number of likely N-dealkylation sites (tertiary alicyclic amines) is 1. The Morgan fingerprint density at radius 3 is 2.31 bits per heavy atom. The number of aliphatic hydroxyl groups is 1. The molecule has 1 atom stereocenters. The van der Waals surface area contributed by atoms with Crippen LogP contribution in [-0.2, 0) is 0 Å². The van der Waals surface area contributed by atoms with E-state index in [1.807, 2.05) is 13.8 Å². The average Bonchev–Trinajstić information content (AvgIpc) is 2.71. The lowest BCUT2D eigenvalue weighted by atomic mass is 10.3. The fourth-order valence-corrected chi connectivity index (χ4v) is 1.63. The summed E-state index contributed by atoms with van der Waals surface area (Å²) >= 11 is 0. The van der Waals surface area contributed by atoms with E-state index in [2.05, 4.69) is 31.0 Å². The van der Waals surface area contributed by atoms with E-state index in [9.17, 15) is 0 Å². The maximum atomic E-state index is 8.68. The minimum Gasteiger partial charge on any atom is -0.395 e. The fraction of sp³-hybridized carbons (Fsp3) is 1.00. The third kappa shape index (κ3) is 10.4. The summed E-state index contributed by atoms with van der Waals surface area (Å²) in [5.41, 5.74) is 0. The Balaban J connectivity index is -0.000000286. The van der Waals surface area contributed by atoms with Crippen LogP contribution in [0.25, 0.3) is 0 Å². The van der Waals surface area contributed by atoms with Gasteiger partial charge >= 0.3 is 0 Å². The van der Waals surface area contributed by atoms with Gasteiger partial charge in [-0.05, 0) is 19.5 Å². The van der Waals surface area contributed by atoms with Gasteiger partial charge < -0.3 is 10.4 Å². The zero-order valence-corrected chi connectivity index (χ0v) is 11.9. The number of rotatable bonds is 4. The van der Waals surface area contributed by atoms with Gasteiger partial charge in [-0.3, -0.25) is 4.90 Å². The van der Waals surface area contributed by atoms with Crippen LogP contribution in [0.15, 0.2) is 0 Å². The number of likely N-dealkylation sites (N-methyl/N-ethyl adjacent to an activating group) is 1. The Bertz CT molecular complexity index is 114. The standard InChI is InChI=1S/C8H18N2O.C3H8.C2H6.H2/c1-2-9-8-3-4-10(7-8)5-6-11;1-3-2;1-2;/h8-9,11H,2-7H2,1H3;3H2,1-2H3;1-2H3;1H/t8-;;;/m0.../s1. The van der Waals surface area contributed by atoms with Crippen molar-refractivity contribution in [2.75, 3.05) is 32.8 Å². The minimum absolute atomic E-state index is 0. The summed E-state index contributed by atoms with van der Waals surface area (Å²) < 4.78 is 0. The minimum atomic E-state index is 0. The molecular formula is C13H34N2O. The highest BCUT2D eigenvalue weighted by atomic mass is 16.3. The van der Waals surface area contributed by atoms with Gasteiger partial charge in [0.25, 0.3) is 0 Å². The van der Waals surface area contributed by atoms with Gasteiger partial charge in [-0.25, -0.2) is 0 Å². The largest absolute Gasteiger partial charge is 0.395 e. The van der Waals surface area contributed by atoms with E-state index in [4.69, 9.17) is 5.11 Å². The first kappa shape index (κ1) is 18.3. The van der Waals surface area contributed by atoms with Gasteiger partial charge in [-0.2, -0.15) is 0 Å². The molecule has 16 heavy (non-hydrogen) atoms. The Morgan fingerprint density at radius 2 is 1.88 bits per heavy atom. The van der Waals surface area contributed by atoms with Crippen LogP contribution in [0.4, 0.5) is 0 Å². The van der Waals surface area contributed by atoms with Gasteiger partial charge in [-0.1, -0.05) is 41.0 Å². The van der Waals surface area contributed by atoms with Crippen molar-refractivity contribution in [3.05, 3.63) is 0 Å². The summed E-state index contributed by atoms with van der Waals surface area (Å²) in [6.07, 6.45) is 2.48. The number of aliphatic hydroxyl groups excluding tert-OH is 1. The van der Waals surface area contributed by atoms with Gasteiger partial charge in [0.1, 0.15) is 0 Å². The van der Waals surface area contributed by atoms with E-state index in [0.717, 1.165) is 26.2 Å². The van der Waals surface area contributed by atoms with Crippen molar-refractivity contribution in [1.29, 1.82) is 0 Å². The molecule has 0 saturated carbocycles. The van der Waals surface area contributed by atoms with Gasteiger partial charge in [0, 0.05) is 20.6 Å². The second kappa shape index (κ2) is 14.9. The smallest absolute Gasteiger partial charge is 0.0558 e. The monoisotopic (exact) mass is 234 g/mol. The molecule has 0 bridgehead atoms. The number of hydrogen-bond acceptors (Lipinski definition) is 3. The maximum absolute atomic E-state index is 8.68. The van der Waals surface area contributed by atoms with Crippen molar-refractivity contribution >= 4 is 0 Å². The molecule has 1 heterocycles. The lowest BCUT2D eigenvalue weighted by Gasteiger charge is -2.14. The third-order valence-electron chi connectivity index (χ3n) is 2.18. The van der Waals surface area contributed by atoms with E-state index in [-0.39, 0.29) is 1.43 Å². The van der Waals surface area contributed by atoms with Crippen LogP contribution in [0, 0.1) is 0 Å². The first-order valence-electron chi connectivity index (χ1n) is 6.84. The normalized spacial score (nSPS) is 19.5. The predicted molar refractivity (Wildman–Crippen MR) is 75.0 cm³/mol. The molecule has 0 aromatic carbocycles. The van der Waals surface area contributed by atoms with Crippen molar-refractivity contribution in [2.24, 2.45) is 0 Å². The van der Waals surface area contributed by atoms with Crippen molar-refractivity contribution in [3.8, 4) is 0 Å². The van der Waals surface area contributed by atoms with Crippen molar-refractivity contribution in [2.45, 2.75) is 53.5 Å². The first-order valence-corrected chi connectivity index (χ1v) is 6.84. The Hall–Kier alpha value is -0.120. The lowest BCUT2D eigenvalue weighted by Crippen LogP contribution is -2.33. The summed E-state index contributed by atoms with van der Waals surface area (Å²) in [6.45, 7) is 14.8. The van der Waals surface area contributed by atoms with E-state index >= 15 is 0 Å². The van der Waals surface area contributed by atoms with Crippen LogP contribution in [0.2, 0.25) is 0 Å². The molecule has 0 aromatic rings. The number of β-amino-alcohol motifs (C(OH)–C–C–N with tert-alkyl or cyclic N) is 1. The van der Waals surface area contributed by atoms with Gasteiger partial charge in [0.15, 0.2) is 0 Å². The molecule has 102 valence electrons. The molecule has 1 aliphatic rings. The average molecular weight is 234 g/mol. The second-order valence-electron chi connectivity index (χ2n) is 3.77. The van der Waals surface area contributed by atoms with E-state index in [1.54, 1.807) is 0 Å². The molecule has 3 nitrogen and oxygen atoms in total. The Morgan fingerprint density at radius 1 is 1.31 bits per heavy atom. The number of nitrogens with zero attached hydrogens (tertiary/aromatic N) is 1. The van der Waals surface area contributed by atoms with E-state index < -0.39 is 0 Å². The molecule has 0 radical (unpaired) electrons. The SMILES string of the molecule is CC.CCC.CCN[C@H]1CCN(CCO)C1.[HH]. The zero-order valence-electron chi connectivity index (χ0n) is 11.9. The summed E-state index contributed by atoms with van der Waals surface area (Å²) in [7, 11) is 0. The van der Waals surface area contributed by atoms with E-state index in [1.165, 1.54) is 12.8 Å². The summed E-state index contributed by atoms with van der Waals surface area (Å²) in [5, 5.41) is 12.1.